The van der Waals surface area contributed by atoms with E-state index in [4.69, 9.17) is 23.2 Å². The number of likely N-dealkylation sites (N-methyl/N-ethyl adjacent to an activating group) is 1. The van der Waals surface area contributed by atoms with Crippen LogP contribution in [0.25, 0.3) is 0 Å². The topological polar surface area (TPSA) is 37.8 Å². The lowest BCUT2D eigenvalue weighted by Gasteiger charge is -2.18. The van der Waals surface area contributed by atoms with Gasteiger partial charge in [-0.2, -0.15) is 0 Å². The molecule has 5 heteroatoms. The van der Waals surface area contributed by atoms with Gasteiger partial charge in [0, 0.05) is 22.4 Å². The zero-order chi connectivity index (χ0) is 14.5. The Kier molecular flexibility index (Phi) is 5.35. The van der Waals surface area contributed by atoms with E-state index >= 15 is 0 Å². The van der Waals surface area contributed by atoms with Crippen molar-refractivity contribution >= 4 is 23.2 Å². The maximum Gasteiger partial charge on any atom is 0.145 e. The Morgan fingerprint density at radius 2 is 1.75 bits per heavy atom. The first kappa shape index (κ1) is 15.2. The van der Waals surface area contributed by atoms with Gasteiger partial charge in [-0.3, -0.25) is 0 Å². The van der Waals surface area contributed by atoms with E-state index in [0.717, 1.165) is 23.5 Å². The first-order valence-corrected chi connectivity index (χ1v) is 7.32. The Labute approximate surface area is 129 Å². The van der Waals surface area contributed by atoms with E-state index in [1.165, 1.54) is 0 Å². The molecule has 2 aromatic rings. The van der Waals surface area contributed by atoms with Gasteiger partial charge in [0.2, 0.25) is 0 Å². The zero-order valence-electron chi connectivity index (χ0n) is 11.5. The van der Waals surface area contributed by atoms with Crippen molar-refractivity contribution in [3.8, 4) is 0 Å². The van der Waals surface area contributed by atoms with Crippen LogP contribution in [0.2, 0.25) is 10.0 Å². The van der Waals surface area contributed by atoms with Gasteiger partial charge in [0.25, 0.3) is 0 Å². The molecule has 0 fully saturated rings. The fourth-order valence-electron chi connectivity index (χ4n) is 2.02. The zero-order valence-corrected chi connectivity index (χ0v) is 13.0. The van der Waals surface area contributed by atoms with Crippen molar-refractivity contribution in [2.24, 2.45) is 0 Å². The molecule has 1 heterocycles. The highest BCUT2D eigenvalue weighted by atomic mass is 35.5. The van der Waals surface area contributed by atoms with E-state index in [0.29, 0.717) is 16.5 Å². The minimum Gasteiger partial charge on any atom is -0.307 e. The number of hydrogen-bond acceptors (Lipinski definition) is 3. The van der Waals surface area contributed by atoms with Gasteiger partial charge < -0.3 is 5.32 Å². The van der Waals surface area contributed by atoms with Crippen LogP contribution in [0, 0.1) is 6.92 Å². The molecule has 0 amide bonds. The number of nitrogens with zero attached hydrogens (tertiary/aromatic N) is 2. The average Bonchev–Trinajstić information content (AvgIpc) is 2.43. The lowest BCUT2D eigenvalue weighted by molar-refractivity contribution is 0.521. The molecule has 106 valence electrons. The van der Waals surface area contributed by atoms with Crippen LogP contribution in [0.5, 0.6) is 0 Å². The minimum atomic E-state index is -0.00185. The van der Waals surface area contributed by atoms with E-state index in [2.05, 4.69) is 22.2 Å². The number of benzene rings is 1. The largest absolute Gasteiger partial charge is 0.307 e. The van der Waals surface area contributed by atoms with Gasteiger partial charge in [-0.05, 0) is 43.1 Å². The van der Waals surface area contributed by atoms with Crippen LogP contribution >= 0.6 is 23.2 Å². The van der Waals surface area contributed by atoms with Crippen molar-refractivity contribution in [3.05, 3.63) is 57.6 Å². The average molecular weight is 310 g/mol. The molecule has 1 aromatic carbocycles. The number of nitrogens with one attached hydrogen (secondary N) is 1. The van der Waals surface area contributed by atoms with E-state index in [-0.39, 0.29) is 6.04 Å². The summed E-state index contributed by atoms with van der Waals surface area (Å²) in [5, 5.41) is 4.73. The summed E-state index contributed by atoms with van der Waals surface area (Å²) >= 11 is 12.5. The summed E-state index contributed by atoms with van der Waals surface area (Å²) in [5.41, 5.74) is 1.96. The van der Waals surface area contributed by atoms with Gasteiger partial charge in [0.1, 0.15) is 5.82 Å². The standard InChI is InChI=1S/C15H17Cl2N3/c1-3-18-14(15-19-8-10(2)9-20-15)7-11-12(16)5-4-6-13(11)17/h4-6,8-9,14,18H,3,7H2,1-2H3. The monoisotopic (exact) mass is 309 g/mol. The Morgan fingerprint density at radius 3 is 2.30 bits per heavy atom. The van der Waals surface area contributed by atoms with Gasteiger partial charge in [-0.25, -0.2) is 9.97 Å². The first-order chi connectivity index (χ1) is 9.61. The van der Waals surface area contributed by atoms with Crippen LogP contribution in [0.1, 0.15) is 29.9 Å². The fraction of sp³-hybridized carbons (Fsp3) is 0.333. The molecule has 3 nitrogen and oxygen atoms in total. The number of halogens is 2. The normalized spacial score (nSPS) is 12.4. The van der Waals surface area contributed by atoms with Gasteiger partial charge >= 0.3 is 0 Å². The molecule has 2 rings (SSSR count). The third-order valence-corrected chi connectivity index (χ3v) is 3.74. The smallest absolute Gasteiger partial charge is 0.145 e. The van der Waals surface area contributed by atoms with Crippen molar-refractivity contribution in [2.75, 3.05) is 6.54 Å². The predicted octanol–water partition coefficient (Wildman–Crippen LogP) is 3.99. The van der Waals surface area contributed by atoms with Crippen molar-refractivity contribution < 1.29 is 0 Å². The summed E-state index contributed by atoms with van der Waals surface area (Å²) in [5.74, 6) is 0.758. The molecule has 0 aliphatic heterocycles. The summed E-state index contributed by atoms with van der Waals surface area (Å²) in [6, 6.07) is 5.54. The van der Waals surface area contributed by atoms with Crippen molar-refractivity contribution in [3.63, 3.8) is 0 Å². The molecule has 0 aliphatic rings. The number of aryl methyl sites for hydroxylation is 1. The highest BCUT2D eigenvalue weighted by Gasteiger charge is 2.17. The Morgan fingerprint density at radius 1 is 1.15 bits per heavy atom. The minimum absolute atomic E-state index is 0.00185. The van der Waals surface area contributed by atoms with E-state index in [1.807, 2.05) is 37.5 Å². The third-order valence-electron chi connectivity index (χ3n) is 3.03. The first-order valence-electron chi connectivity index (χ1n) is 6.56. The molecule has 0 aliphatic carbocycles. The molecule has 1 aromatic heterocycles. The summed E-state index contributed by atoms with van der Waals surface area (Å²) in [6.45, 7) is 4.84. The number of hydrogen-bond donors (Lipinski definition) is 1. The lowest BCUT2D eigenvalue weighted by atomic mass is 10.0. The molecule has 1 N–H and O–H groups in total. The van der Waals surface area contributed by atoms with Crippen LogP contribution in [0.15, 0.2) is 30.6 Å². The van der Waals surface area contributed by atoms with E-state index in [1.54, 1.807) is 0 Å². The van der Waals surface area contributed by atoms with E-state index < -0.39 is 0 Å². The van der Waals surface area contributed by atoms with Gasteiger partial charge in [-0.1, -0.05) is 36.2 Å². The maximum absolute atomic E-state index is 6.23. The molecule has 0 spiro atoms. The summed E-state index contributed by atoms with van der Waals surface area (Å²) in [7, 11) is 0. The van der Waals surface area contributed by atoms with Gasteiger partial charge in [0.05, 0.1) is 6.04 Å². The SMILES string of the molecule is CCNC(Cc1c(Cl)cccc1Cl)c1ncc(C)cn1. The van der Waals surface area contributed by atoms with Crippen molar-refractivity contribution in [1.29, 1.82) is 0 Å². The Bertz CT molecular complexity index is 550. The number of rotatable bonds is 5. The molecule has 0 saturated heterocycles. The third kappa shape index (κ3) is 3.69. The molecule has 1 unspecified atom stereocenters. The Hall–Kier alpha value is -1.16. The molecule has 1 atom stereocenters. The van der Waals surface area contributed by atoms with Crippen LogP contribution in [0.4, 0.5) is 0 Å². The van der Waals surface area contributed by atoms with Crippen LogP contribution in [-0.4, -0.2) is 16.5 Å². The highest BCUT2D eigenvalue weighted by molar-refractivity contribution is 6.36. The molecular formula is C15H17Cl2N3. The molecule has 20 heavy (non-hydrogen) atoms. The maximum atomic E-state index is 6.23. The Balaban J connectivity index is 2.28. The molecule has 0 bridgehead atoms. The van der Waals surface area contributed by atoms with Crippen molar-refractivity contribution in [2.45, 2.75) is 26.3 Å². The lowest BCUT2D eigenvalue weighted by Crippen LogP contribution is -2.25. The predicted molar refractivity (Wildman–Crippen MR) is 83.4 cm³/mol. The summed E-state index contributed by atoms with van der Waals surface area (Å²) < 4.78 is 0. The fourth-order valence-corrected chi connectivity index (χ4v) is 2.57. The van der Waals surface area contributed by atoms with E-state index in [9.17, 15) is 0 Å². The molecular weight excluding hydrogens is 293 g/mol. The van der Waals surface area contributed by atoms with Gasteiger partial charge in [-0.15, -0.1) is 0 Å². The second-order valence-corrected chi connectivity index (χ2v) is 5.45. The molecule has 0 saturated carbocycles. The second-order valence-electron chi connectivity index (χ2n) is 4.63. The second kappa shape index (κ2) is 7.02. The van der Waals surface area contributed by atoms with Crippen LogP contribution in [0.3, 0.4) is 0 Å². The van der Waals surface area contributed by atoms with Crippen LogP contribution in [-0.2, 0) is 6.42 Å². The van der Waals surface area contributed by atoms with Gasteiger partial charge in [0.15, 0.2) is 0 Å². The number of aromatic nitrogens is 2. The molecule has 0 radical (unpaired) electrons. The van der Waals surface area contributed by atoms with Crippen LogP contribution < -0.4 is 5.32 Å². The summed E-state index contributed by atoms with van der Waals surface area (Å²) in [6.07, 6.45) is 4.30. The highest BCUT2D eigenvalue weighted by Crippen LogP contribution is 2.28. The van der Waals surface area contributed by atoms with Crippen molar-refractivity contribution in [1.82, 2.24) is 15.3 Å². The summed E-state index contributed by atoms with van der Waals surface area (Å²) in [4.78, 5) is 8.79. The quantitative estimate of drug-likeness (QED) is 0.907.